The molecule has 0 fully saturated rings. The van der Waals surface area contributed by atoms with Gasteiger partial charge in [0.2, 0.25) is 0 Å². The molecule has 0 bridgehead atoms. The fraction of sp³-hybridized carbons (Fsp3) is 0.263. The lowest BCUT2D eigenvalue weighted by molar-refractivity contribution is -0.118. The van der Waals surface area contributed by atoms with Gasteiger partial charge >= 0.3 is 5.97 Å². The first-order chi connectivity index (χ1) is 12.6. The van der Waals surface area contributed by atoms with Crippen LogP contribution in [0.2, 0.25) is 0 Å². The van der Waals surface area contributed by atoms with Crippen LogP contribution in [0.15, 0.2) is 47.4 Å². The lowest BCUT2D eigenvalue weighted by atomic mass is 10.0. The summed E-state index contributed by atoms with van der Waals surface area (Å²) in [5.74, 6) is -0.979. The van der Waals surface area contributed by atoms with E-state index in [0.29, 0.717) is 11.7 Å². The fourth-order valence-corrected chi connectivity index (χ4v) is 3.00. The first-order valence-electron chi connectivity index (χ1n) is 8.17. The van der Waals surface area contributed by atoms with Gasteiger partial charge in [0.25, 0.3) is 5.91 Å². The van der Waals surface area contributed by atoms with Crippen LogP contribution in [0.25, 0.3) is 0 Å². The maximum absolute atomic E-state index is 12.1. The zero-order valence-corrected chi connectivity index (χ0v) is 16.0. The Balaban J connectivity index is 2.12. The molecule has 0 unspecified atom stereocenters. The SMILES string of the molecule is CC(C)c1cccc(OCC(=O)Nc2cc(C(=O)O)cc(S(C)(=O)=O)c2)c1. The molecular formula is C19H21NO6S. The molecule has 2 N–H and O–H groups in total. The summed E-state index contributed by atoms with van der Waals surface area (Å²) in [6, 6.07) is 10.8. The monoisotopic (exact) mass is 391 g/mol. The van der Waals surface area contributed by atoms with Crippen LogP contribution in [-0.2, 0) is 14.6 Å². The summed E-state index contributed by atoms with van der Waals surface area (Å²) in [5, 5.41) is 11.6. The number of carbonyl (C=O) groups is 2. The van der Waals surface area contributed by atoms with Crippen molar-refractivity contribution in [3.05, 3.63) is 53.6 Å². The number of amides is 1. The Bertz CT molecular complexity index is 966. The van der Waals surface area contributed by atoms with Crippen LogP contribution in [0, 0.1) is 0 Å². The van der Waals surface area contributed by atoms with Crippen molar-refractivity contribution in [2.24, 2.45) is 0 Å². The smallest absolute Gasteiger partial charge is 0.335 e. The van der Waals surface area contributed by atoms with Crippen LogP contribution in [-0.4, -0.2) is 38.3 Å². The molecule has 0 aliphatic heterocycles. The molecule has 0 aromatic heterocycles. The number of ether oxygens (including phenoxy) is 1. The summed E-state index contributed by atoms with van der Waals surface area (Å²) in [5.41, 5.74) is 0.901. The summed E-state index contributed by atoms with van der Waals surface area (Å²) in [7, 11) is -3.63. The number of benzene rings is 2. The standard InChI is InChI=1S/C19H21NO6S/c1-12(2)13-5-4-6-16(8-13)26-11-18(21)20-15-7-14(19(22)23)9-17(10-15)27(3,24)25/h4-10,12H,11H2,1-3H3,(H,20,21)(H,22,23). The molecule has 0 saturated heterocycles. The summed E-state index contributed by atoms with van der Waals surface area (Å²) in [6.07, 6.45) is 0.963. The van der Waals surface area contributed by atoms with Crippen molar-refractivity contribution in [1.82, 2.24) is 0 Å². The molecule has 8 heteroatoms. The molecule has 0 saturated carbocycles. The molecule has 7 nitrogen and oxygen atoms in total. The van der Waals surface area contributed by atoms with Crippen LogP contribution in [0.3, 0.4) is 0 Å². The lowest BCUT2D eigenvalue weighted by Crippen LogP contribution is -2.20. The van der Waals surface area contributed by atoms with Crippen LogP contribution in [0.1, 0.15) is 35.7 Å². The average Bonchev–Trinajstić information content (AvgIpc) is 2.59. The van der Waals surface area contributed by atoms with Gasteiger partial charge in [-0.25, -0.2) is 13.2 Å². The summed E-state index contributed by atoms with van der Waals surface area (Å²) in [6.45, 7) is 3.79. The zero-order chi connectivity index (χ0) is 20.2. The van der Waals surface area contributed by atoms with E-state index in [0.717, 1.165) is 17.9 Å². The van der Waals surface area contributed by atoms with Gasteiger partial charge in [0.05, 0.1) is 10.5 Å². The lowest BCUT2D eigenvalue weighted by Gasteiger charge is -2.11. The molecule has 2 rings (SSSR count). The number of anilines is 1. The van der Waals surface area contributed by atoms with Crippen molar-refractivity contribution in [3.63, 3.8) is 0 Å². The third kappa shape index (κ3) is 5.82. The largest absolute Gasteiger partial charge is 0.484 e. The summed E-state index contributed by atoms with van der Waals surface area (Å²) in [4.78, 5) is 23.1. The molecule has 0 heterocycles. The van der Waals surface area contributed by atoms with Crippen molar-refractivity contribution in [2.45, 2.75) is 24.7 Å². The molecule has 27 heavy (non-hydrogen) atoms. The third-order valence-electron chi connectivity index (χ3n) is 3.76. The second-order valence-electron chi connectivity index (χ2n) is 6.39. The van der Waals surface area contributed by atoms with Crippen LogP contribution < -0.4 is 10.1 Å². The summed E-state index contributed by atoms with van der Waals surface area (Å²) >= 11 is 0. The second kappa shape index (κ2) is 8.22. The van der Waals surface area contributed by atoms with Gasteiger partial charge in [-0.1, -0.05) is 26.0 Å². The van der Waals surface area contributed by atoms with E-state index in [1.54, 1.807) is 6.07 Å². The minimum Gasteiger partial charge on any atom is -0.484 e. The number of rotatable bonds is 7. The maximum Gasteiger partial charge on any atom is 0.335 e. The van der Waals surface area contributed by atoms with Gasteiger partial charge < -0.3 is 15.2 Å². The van der Waals surface area contributed by atoms with Crippen LogP contribution in [0.4, 0.5) is 5.69 Å². The highest BCUT2D eigenvalue weighted by atomic mass is 32.2. The minimum absolute atomic E-state index is 0.0693. The first kappa shape index (κ1) is 20.4. The van der Waals surface area contributed by atoms with Crippen LogP contribution >= 0.6 is 0 Å². The Morgan fingerprint density at radius 2 is 1.85 bits per heavy atom. The van der Waals surface area contributed by atoms with Crippen LogP contribution in [0.5, 0.6) is 5.75 Å². The van der Waals surface area contributed by atoms with E-state index in [9.17, 15) is 18.0 Å². The third-order valence-corrected chi connectivity index (χ3v) is 4.85. The van der Waals surface area contributed by atoms with E-state index in [-0.39, 0.29) is 22.8 Å². The van der Waals surface area contributed by atoms with E-state index in [1.807, 2.05) is 32.0 Å². The minimum atomic E-state index is -3.63. The van der Waals surface area contributed by atoms with E-state index >= 15 is 0 Å². The van der Waals surface area contributed by atoms with Gasteiger partial charge in [-0.05, 0) is 41.8 Å². The van der Waals surface area contributed by atoms with E-state index in [1.165, 1.54) is 12.1 Å². The molecule has 0 atom stereocenters. The molecule has 2 aromatic rings. The van der Waals surface area contributed by atoms with Gasteiger partial charge in [0.15, 0.2) is 16.4 Å². The fourth-order valence-electron chi connectivity index (χ4n) is 2.32. The number of aromatic carboxylic acids is 1. The van der Waals surface area contributed by atoms with Gasteiger partial charge in [-0.3, -0.25) is 4.79 Å². The van der Waals surface area contributed by atoms with E-state index in [2.05, 4.69) is 5.32 Å². The quantitative estimate of drug-likeness (QED) is 0.751. The number of carbonyl (C=O) groups excluding carboxylic acids is 1. The Morgan fingerprint density at radius 1 is 1.15 bits per heavy atom. The highest BCUT2D eigenvalue weighted by molar-refractivity contribution is 7.90. The van der Waals surface area contributed by atoms with Crippen molar-refractivity contribution in [1.29, 1.82) is 0 Å². The Kier molecular flexibility index (Phi) is 6.22. The predicted molar refractivity (Wildman–Crippen MR) is 101 cm³/mol. The highest BCUT2D eigenvalue weighted by Crippen LogP contribution is 2.21. The number of sulfone groups is 1. The number of carboxylic acid groups (broad SMARTS) is 1. The highest BCUT2D eigenvalue weighted by Gasteiger charge is 2.15. The summed E-state index contributed by atoms with van der Waals surface area (Å²) < 4.78 is 28.9. The zero-order valence-electron chi connectivity index (χ0n) is 15.2. The molecule has 0 aliphatic rings. The molecule has 0 radical (unpaired) electrons. The number of hydrogen-bond acceptors (Lipinski definition) is 5. The molecule has 2 aromatic carbocycles. The number of hydrogen-bond donors (Lipinski definition) is 2. The average molecular weight is 391 g/mol. The predicted octanol–water partition coefficient (Wildman–Crippen LogP) is 2.93. The topological polar surface area (TPSA) is 110 Å². The van der Waals surface area contributed by atoms with Crippen molar-refractivity contribution < 1.29 is 27.9 Å². The first-order valence-corrected chi connectivity index (χ1v) is 10.1. The number of carboxylic acids is 1. The van der Waals surface area contributed by atoms with Gasteiger partial charge in [-0.15, -0.1) is 0 Å². The van der Waals surface area contributed by atoms with E-state index < -0.39 is 21.7 Å². The van der Waals surface area contributed by atoms with Gasteiger partial charge in [0.1, 0.15) is 5.75 Å². The second-order valence-corrected chi connectivity index (χ2v) is 8.40. The normalized spacial score (nSPS) is 11.3. The molecule has 1 amide bonds. The Labute approximate surface area is 157 Å². The van der Waals surface area contributed by atoms with Gasteiger partial charge in [-0.2, -0.15) is 0 Å². The maximum atomic E-state index is 12.1. The Morgan fingerprint density at radius 3 is 2.44 bits per heavy atom. The van der Waals surface area contributed by atoms with E-state index in [4.69, 9.17) is 9.84 Å². The van der Waals surface area contributed by atoms with Crippen molar-refractivity contribution in [3.8, 4) is 5.75 Å². The molecule has 0 aliphatic carbocycles. The molecule has 0 spiro atoms. The number of nitrogens with one attached hydrogen (secondary N) is 1. The van der Waals surface area contributed by atoms with Gasteiger partial charge in [0, 0.05) is 11.9 Å². The van der Waals surface area contributed by atoms with Crippen molar-refractivity contribution in [2.75, 3.05) is 18.2 Å². The Hall–Kier alpha value is -2.87. The molecular weight excluding hydrogens is 370 g/mol. The molecule has 144 valence electrons. The van der Waals surface area contributed by atoms with Crippen molar-refractivity contribution >= 4 is 27.4 Å².